The van der Waals surface area contributed by atoms with Gasteiger partial charge in [-0.25, -0.2) is 4.98 Å². The van der Waals surface area contributed by atoms with E-state index in [-0.39, 0.29) is 30.9 Å². The highest BCUT2D eigenvalue weighted by Crippen LogP contribution is 2.29. The minimum absolute atomic E-state index is 0. The van der Waals surface area contributed by atoms with Crippen LogP contribution < -0.4 is 5.73 Å². The van der Waals surface area contributed by atoms with Crippen molar-refractivity contribution in [3.8, 4) is 0 Å². The molecule has 2 heterocycles. The Hall–Kier alpha value is -0.780. The van der Waals surface area contributed by atoms with E-state index < -0.39 is 0 Å². The molecule has 23 heavy (non-hydrogen) atoms. The predicted octanol–water partition coefficient (Wildman–Crippen LogP) is 2.54. The summed E-state index contributed by atoms with van der Waals surface area (Å²) in [5.74, 6) is 1.72. The van der Waals surface area contributed by atoms with Crippen molar-refractivity contribution in [2.45, 2.75) is 64.1 Å². The molecule has 5 nitrogen and oxygen atoms in total. The van der Waals surface area contributed by atoms with E-state index in [0.717, 1.165) is 44.6 Å². The number of hydrogen-bond donors (Lipinski definition) is 1. The Kier molecular flexibility index (Phi) is 7.84. The van der Waals surface area contributed by atoms with E-state index >= 15 is 0 Å². The van der Waals surface area contributed by atoms with Crippen molar-refractivity contribution in [2.75, 3.05) is 6.54 Å². The van der Waals surface area contributed by atoms with Crippen LogP contribution in [0.1, 0.15) is 44.3 Å². The van der Waals surface area contributed by atoms with Gasteiger partial charge in [0.15, 0.2) is 0 Å². The molecule has 0 bridgehead atoms. The van der Waals surface area contributed by atoms with E-state index in [1.807, 2.05) is 19.3 Å². The van der Waals surface area contributed by atoms with Gasteiger partial charge in [-0.1, -0.05) is 6.42 Å². The van der Waals surface area contributed by atoms with E-state index in [4.69, 9.17) is 5.73 Å². The first-order valence-corrected chi connectivity index (χ1v) is 8.18. The number of rotatable bonds is 4. The lowest BCUT2D eigenvalue weighted by Gasteiger charge is -2.27. The molecule has 1 amide bonds. The Balaban J connectivity index is 0.00000132. The topological polar surface area (TPSA) is 64.2 Å². The zero-order valence-corrected chi connectivity index (χ0v) is 15.3. The fraction of sp³-hybridized carbons (Fsp3) is 0.750. The van der Waals surface area contributed by atoms with Crippen molar-refractivity contribution in [1.82, 2.24) is 14.5 Å². The van der Waals surface area contributed by atoms with Crippen LogP contribution in [0.4, 0.5) is 0 Å². The summed E-state index contributed by atoms with van der Waals surface area (Å²) in [4.78, 5) is 19.0. The van der Waals surface area contributed by atoms with E-state index in [0.29, 0.717) is 24.3 Å². The van der Waals surface area contributed by atoms with Crippen molar-refractivity contribution in [3.63, 3.8) is 0 Å². The van der Waals surface area contributed by atoms with Gasteiger partial charge in [-0.05, 0) is 38.5 Å². The number of aryl methyl sites for hydroxylation is 1. The lowest BCUT2D eigenvalue weighted by atomic mass is 9.99. The molecule has 1 aromatic heterocycles. The maximum Gasteiger partial charge on any atom is 0.223 e. The lowest BCUT2D eigenvalue weighted by molar-refractivity contribution is -0.133. The van der Waals surface area contributed by atoms with Crippen molar-refractivity contribution in [3.05, 3.63) is 18.2 Å². The molecule has 0 radical (unpaired) electrons. The summed E-state index contributed by atoms with van der Waals surface area (Å²) >= 11 is 0. The summed E-state index contributed by atoms with van der Waals surface area (Å²) in [7, 11) is 0. The fourth-order valence-corrected chi connectivity index (χ4v) is 3.84. The second-order valence-corrected chi connectivity index (χ2v) is 6.57. The molecule has 1 aliphatic carbocycles. The highest BCUT2D eigenvalue weighted by Gasteiger charge is 2.33. The number of carbonyl (C=O) groups excluding carboxylic acids is 1. The largest absolute Gasteiger partial charge is 0.338 e. The average Bonchev–Trinajstić information content (AvgIpc) is 3.15. The molecule has 7 heteroatoms. The number of likely N-dealkylation sites (tertiary alicyclic amines) is 1. The van der Waals surface area contributed by atoms with Gasteiger partial charge >= 0.3 is 0 Å². The van der Waals surface area contributed by atoms with E-state index in [1.165, 1.54) is 6.42 Å². The van der Waals surface area contributed by atoms with Crippen LogP contribution in [0.5, 0.6) is 0 Å². The molecule has 1 saturated carbocycles. The third-order valence-corrected chi connectivity index (χ3v) is 5.18. The number of nitrogens with zero attached hydrogens (tertiary/aromatic N) is 3. The maximum absolute atomic E-state index is 12.6. The van der Waals surface area contributed by atoms with Gasteiger partial charge in [-0.15, -0.1) is 24.8 Å². The summed E-state index contributed by atoms with van der Waals surface area (Å²) in [6.07, 6.45) is 10.1. The SMILES string of the molecule is Cc1nccn1CC1CCCN1C(=O)C[C@@H]1CCC[C@H]1N.Cl.Cl. The highest BCUT2D eigenvalue weighted by molar-refractivity contribution is 5.85. The summed E-state index contributed by atoms with van der Waals surface area (Å²) in [6.45, 7) is 3.78. The van der Waals surface area contributed by atoms with Crippen molar-refractivity contribution in [2.24, 2.45) is 11.7 Å². The van der Waals surface area contributed by atoms with Crippen LogP contribution in [0.15, 0.2) is 12.4 Å². The zero-order valence-electron chi connectivity index (χ0n) is 13.7. The van der Waals surface area contributed by atoms with Crippen molar-refractivity contribution < 1.29 is 4.79 Å². The van der Waals surface area contributed by atoms with Gasteiger partial charge in [0.05, 0.1) is 0 Å². The normalized spacial score (nSPS) is 26.7. The Morgan fingerprint density at radius 2 is 2.09 bits per heavy atom. The van der Waals surface area contributed by atoms with Crippen LogP contribution in [0.3, 0.4) is 0 Å². The third-order valence-electron chi connectivity index (χ3n) is 5.18. The van der Waals surface area contributed by atoms with E-state index in [9.17, 15) is 4.79 Å². The van der Waals surface area contributed by atoms with Crippen LogP contribution in [0.25, 0.3) is 0 Å². The molecule has 2 fully saturated rings. The first-order valence-electron chi connectivity index (χ1n) is 8.18. The van der Waals surface area contributed by atoms with Crippen molar-refractivity contribution in [1.29, 1.82) is 0 Å². The molecule has 3 rings (SSSR count). The smallest absolute Gasteiger partial charge is 0.223 e. The van der Waals surface area contributed by atoms with Gasteiger partial charge in [0, 0.05) is 44.0 Å². The molecule has 1 aromatic rings. The van der Waals surface area contributed by atoms with Crippen LogP contribution in [-0.4, -0.2) is 39.0 Å². The number of halogens is 2. The third kappa shape index (κ3) is 4.61. The van der Waals surface area contributed by atoms with Crippen molar-refractivity contribution >= 4 is 30.7 Å². The molecule has 132 valence electrons. The minimum atomic E-state index is 0. The monoisotopic (exact) mass is 362 g/mol. The number of imidazole rings is 1. The molecule has 1 unspecified atom stereocenters. The summed E-state index contributed by atoms with van der Waals surface area (Å²) < 4.78 is 2.15. The first kappa shape index (κ1) is 20.3. The standard InChI is InChI=1S/C16H26N4O.2ClH/c1-12-18-7-9-19(12)11-14-5-3-8-20(14)16(21)10-13-4-2-6-15(13)17;;/h7,9,13-15H,2-6,8,10-11,17H2,1H3;2*1H/t13-,14?,15+;;/m0../s1. The van der Waals surface area contributed by atoms with E-state index in [2.05, 4.69) is 14.5 Å². The predicted molar refractivity (Wildman–Crippen MR) is 96.1 cm³/mol. The second-order valence-electron chi connectivity index (χ2n) is 6.57. The first-order chi connectivity index (χ1) is 10.1. The zero-order chi connectivity index (χ0) is 14.8. The molecule has 2 N–H and O–H groups in total. The number of carbonyl (C=O) groups is 1. The molecule has 0 spiro atoms. The second kappa shape index (κ2) is 8.90. The Morgan fingerprint density at radius 1 is 1.30 bits per heavy atom. The molecule has 1 saturated heterocycles. The van der Waals surface area contributed by atoms with E-state index in [1.54, 1.807) is 0 Å². The van der Waals surface area contributed by atoms with Crippen LogP contribution in [0, 0.1) is 12.8 Å². The molecular weight excluding hydrogens is 335 g/mol. The average molecular weight is 363 g/mol. The number of hydrogen-bond acceptors (Lipinski definition) is 3. The minimum Gasteiger partial charge on any atom is -0.338 e. The molecular formula is C16H28Cl2N4O. The fourth-order valence-electron chi connectivity index (χ4n) is 3.84. The number of amides is 1. The lowest BCUT2D eigenvalue weighted by Crippen LogP contribution is -2.40. The van der Waals surface area contributed by atoms with Gasteiger partial charge < -0.3 is 15.2 Å². The van der Waals surface area contributed by atoms with Crippen LogP contribution >= 0.6 is 24.8 Å². The molecule has 0 aromatic carbocycles. The Bertz CT molecular complexity index is 508. The maximum atomic E-state index is 12.6. The Labute approximate surface area is 150 Å². The molecule has 3 atom stereocenters. The van der Waals surface area contributed by atoms with Crippen LogP contribution in [0.2, 0.25) is 0 Å². The molecule has 2 aliphatic rings. The van der Waals surface area contributed by atoms with Gasteiger partial charge in [0.2, 0.25) is 5.91 Å². The van der Waals surface area contributed by atoms with Gasteiger partial charge in [-0.3, -0.25) is 4.79 Å². The van der Waals surface area contributed by atoms with Gasteiger partial charge in [0.1, 0.15) is 5.82 Å². The molecule has 1 aliphatic heterocycles. The van der Waals surface area contributed by atoms with Crippen LogP contribution in [-0.2, 0) is 11.3 Å². The highest BCUT2D eigenvalue weighted by atomic mass is 35.5. The number of aromatic nitrogens is 2. The summed E-state index contributed by atoms with van der Waals surface area (Å²) in [5.41, 5.74) is 6.11. The van der Waals surface area contributed by atoms with Gasteiger partial charge in [0.25, 0.3) is 0 Å². The summed E-state index contributed by atoms with van der Waals surface area (Å²) in [5, 5.41) is 0. The van der Waals surface area contributed by atoms with Gasteiger partial charge in [-0.2, -0.15) is 0 Å². The summed E-state index contributed by atoms with van der Waals surface area (Å²) in [6, 6.07) is 0.550. The number of nitrogens with two attached hydrogens (primary N) is 1. The quantitative estimate of drug-likeness (QED) is 0.894. The Morgan fingerprint density at radius 3 is 2.70 bits per heavy atom.